The smallest absolute Gasteiger partial charge is 0.0606 e. The molecule has 0 saturated carbocycles. The van der Waals surface area contributed by atoms with Crippen LogP contribution in [0.25, 0.3) is 20.2 Å². The number of halogens is 4. The summed E-state index contributed by atoms with van der Waals surface area (Å²) in [4.78, 5) is 0. The van der Waals surface area contributed by atoms with Gasteiger partial charge >= 0.3 is 0 Å². The van der Waals surface area contributed by atoms with Gasteiger partial charge in [-0.3, -0.25) is 0 Å². The molecule has 5 heteroatoms. The molecule has 0 aliphatic carbocycles. The summed E-state index contributed by atoms with van der Waals surface area (Å²) in [6.45, 7) is 0. The van der Waals surface area contributed by atoms with Crippen LogP contribution in [0.15, 0.2) is 24.3 Å². The first-order valence-corrected chi connectivity index (χ1v) is 7.05. The highest BCUT2D eigenvalue weighted by molar-refractivity contribution is 7.26. The van der Waals surface area contributed by atoms with Crippen LogP contribution in [0.2, 0.25) is 20.1 Å². The Morgan fingerprint density at radius 2 is 1.41 bits per heavy atom. The molecule has 1 aromatic heterocycles. The first-order chi connectivity index (χ1) is 8.06. The fourth-order valence-electron chi connectivity index (χ4n) is 1.80. The molecule has 0 fully saturated rings. The zero-order valence-corrected chi connectivity index (χ0v) is 12.1. The monoisotopic (exact) mass is 320 g/mol. The fourth-order valence-corrected chi connectivity index (χ4v) is 3.91. The third-order valence-electron chi connectivity index (χ3n) is 2.53. The van der Waals surface area contributed by atoms with Gasteiger partial charge in [-0.05, 0) is 24.3 Å². The molecule has 1 heterocycles. The van der Waals surface area contributed by atoms with Crippen molar-refractivity contribution in [2.24, 2.45) is 0 Å². The zero-order chi connectivity index (χ0) is 12.2. The van der Waals surface area contributed by atoms with Gasteiger partial charge in [-0.1, -0.05) is 46.4 Å². The van der Waals surface area contributed by atoms with Crippen molar-refractivity contribution in [3.05, 3.63) is 44.4 Å². The van der Waals surface area contributed by atoms with Crippen molar-refractivity contribution in [1.29, 1.82) is 0 Å². The van der Waals surface area contributed by atoms with E-state index in [-0.39, 0.29) is 0 Å². The van der Waals surface area contributed by atoms with Gasteiger partial charge in [-0.2, -0.15) is 0 Å². The maximum atomic E-state index is 6.17. The Morgan fingerprint density at radius 1 is 0.706 bits per heavy atom. The molecule has 2 aromatic carbocycles. The maximum Gasteiger partial charge on any atom is 0.0606 e. The van der Waals surface area contributed by atoms with Crippen LogP contribution in [-0.4, -0.2) is 0 Å². The van der Waals surface area contributed by atoms with E-state index in [4.69, 9.17) is 46.4 Å². The second-order valence-electron chi connectivity index (χ2n) is 3.63. The first-order valence-electron chi connectivity index (χ1n) is 4.72. The van der Waals surface area contributed by atoms with Crippen LogP contribution in [0.1, 0.15) is 0 Å². The number of hydrogen-bond acceptors (Lipinski definition) is 1. The number of hydrogen-bond donors (Lipinski definition) is 0. The van der Waals surface area contributed by atoms with Crippen molar-refractivity contribution in [3.8, 4) is 0 Å². The molecule has 0 aliphatic heterocycles. The van der Waals surface area contributed by atoms with Crippen molar-refractivity contribution in [2.75, 3.05) is 0 Å². The van der Waals surface area contributed by atoms with Crippen LogP contribution in [0.5, 0.6) is 0 Å². The van der Waals surface area contributed by atoms with Gasteiger partial charge in [0.15, 0.2) is 0 Å². The molecule has 0 saturated heterocycles. The van der Waals surface area contributed by atoms with Gasteiger partial charge in [0, 0.05) is 20.5 Å². The van der Waals surface area contributed by atoms with E-state index in [1.54, 1.807) is 17.4 Å². The molecule has 0 radical (unpaired) electrons. The van der Waals surface area contributed by atoms with E-state index in [0.29, 0.717) is 20.1 Å². The molecular formula is C12H4Cl4S. The lowest BCUT2D eigenvalue weighted by Crippen LogP contribution is -1.71. The Kier molecular flexibility index (Phi) is 2.92. The van der Waals surface area contributed by atoms with Crippen LogP contribution in [0.3, 0.4) is 0 Å². The summed E-state index contributed by atoms with van der Waals surface area (Å²) in [6, 6.07) is 7.34. The SMILES string of the molecule is Clc1cc(Cl)c2sc3cc(Cl)c(Cl)cc3c2c1. The second-order valence-corrected chi connectivity index (χ2v) is 6.34. The zero-order valence-electron chi connectivity index (χ0n) is 8.23. The van der Waals surface area contributed by atoms with Crippen molar-refractivity contribution in [3.63, 3.8) is 0 Å². The van der Waals surface area contributed by atoms with E-state index in [1.807, 2.05) is 18.2 Å². The highest BCUT2D eigenvalue weighted by Gasteiger charge is 2.11. The molecule has 0 N–H and O–H groups in total. The highest BCUT2D eigenvalue weighted by atomic mass is 35.5. The Labute approximate surface area is 122 Å². The largest absolute Gasteiger partial charge is 0.134 e. The van der Waals surface area contributed by atoms with E-state index in [9.17, 15) is 0 Å². The molecule has 86 valence electrons. The van der Waals surface area contributed by atoms with E-state index >= 15 is 0 Å². The quantitative estimate of drug-likeness (QED) is 0.434. The predicted octanol–water partition coefficient (Wildman–Crippen LogP) is 6.67. The highest BCUT2D eigenvalue weighted by Crippen LogP contribution is 2.42. The molecular weight excluding hydrogens is 318 g/mol. The van der Waals surface area contributed by atoms with Crippen molar-refractivity contribution < 1.29 is 0 Å². The van der Waals surface area contributed by atoms with Crippen molar-refractivity contribution in [2.45, 2.75) is 0 Å². The summed E-state index contributed by atoms with van der Waals surface area (Å²) in [5.74, 6) is 0. The lowest BCUT2D eigenvalue weighted by molar-refractivity contribution is 1.83. The third-order valence-corrected chi connectivity index (χ3v) is 5.09. The molecule has 0 atom stereocenters. The van der Waals surface area contributed by atoms with Gasteiger partial charge in [0.25, 0.3) is 0 Å². The van der Waals surface area contributed by atoms with E-state index in [0.717, 1.165) is 20.2 Å². The molecule has 3 aromatic rings. The van der Waals surface area contributed by atoms with Gasteiger partial charge < -0.3 is 0 Å². The topological polar surface area (TPSA) is 0 Å². The van der Waals surface area contributed by atoms with Crippen LogP contribution >= 0.6 is 57.7 Å². The molecule has 3 rings (SSSR count). The minimum Gasteiger partial charge on any atom is -0.134 e. The Bertz CT molecular complexity index is 745. The molecule has 0 aliphatic rings. The number of rotatable bonds is 0. The second kappa shape index (κ2) is 4.18. The summed E-state index contributed by atoms with van der Waals surface area (Å²) in [6.07, 6.45) is 0. The average molecular weight is 322 g/mol. The van der Waals surface area contributed by atoms with Gasteiger partial charge in [0.2, 0.25) is 0 Å². The standard InChI is InChI=1S/C12H4Cl4S/c13-5-1-7-6-3-8(14)9(15)4-11(6)17-12(7)10(16)2-5/h1-4H. The van der Waals surface area contributed by atoms with Crippen LogP contribution in [0, 0.1) is 0 Å². The van der Waals surface area contributed by atoms with Gasteiger partial charge in [0.1, 0.15) is 0 Å². The van der Waals surface area contributed by atoms with Gasteiger partial charge in [-0.15, -0.1) is 11.3 Å². The summed E-state index contributed by atoms with van der Waals surface area (Å²) in [5, 5.41) is 4.40. The average Bonchev–Trinajstić information content (AvgIpc) is 2.58. The molecule has 0 nitrogen and oxygen atoms in total. The van der Waals surface area contributed by atoms with Crippen molar-refractivity contribution in [1.82, 2.24) is 0 Å². The molecule has 0 unspecified atom stereocenters. The van der Waals surface area contributed by atoms with Crippen LogP contribution in [-0.2, 0) is 0 Å². The molecule has 17 heavy (non-hydrogen) atoms. The Balaban J connectivity index is 2.55. The number of fused-ring (bicyclic) bond motifs is 3. The summed E-state index contributed by atoms with van der Waals surface area (Å²) in [7, 11) is 0. The van der Waals surface area contributed by atoms with Crippen LogP contribution < -0.4 is 0 Å². The van der Waals surface area contributed by atoms with Crippen molar-refractivity contribution >= 4 is 77.9 Å². The van der Waals surface area contributed by atoms with Gasteiger partial charge in [-0.25, -0.2) is 0 Å². The fraction of sp³-hybridized carbons (Fsp3) is 0. The lowest BCUT2D eigenvalue weighted by Gasteiger charge is -1.97. The normalized spacial score (nSPS) is 11.5. The molecule has 0 bridgehead atoms. The van der Waals surface area contributed by atoms with E-state index in [2.05, 4.69) is 0 Å². The summed E-state index contributed by atoms with van der Waals surface area (Å²) >= 11 is 25.8. The Morgan fingerprint density at radius 3 is 2.18 bits per heavy atom. The van der Waals surface area contributed by atoms with Gasteiger partial charge in [0.05, 0.1) is 19.8 Å². The lowest BCUT2D eigenvalue weighted by atomic mass is 10.1. The number of benzene rings is 2. The summed E-state index contributed by atoms with van der Waals surface area (Å²) < 4.78 is 2.06. The van der Waals surface area contributed by atoms with Crippen LogP contribution in [0.4, 0.5) is 0 Å². The predicted molar refractivity (Wildman–Crippen MR) is 79.4 cm³/mol. The van der Waals surface area contributed by atoms with E-state index < -0.39 is 0 Å². The summed E-state index contributed by atoms with van der Waals surface area (Å²) in [5.41, 5.74) is 0. The van der Waals surface area contributed by atoms with E-state index in [1.165, 1.54) is 0 Å². The maximum absolute atomic E-state index is 6.17. The Hall–Kier alpha value is -0.180. The minimum atomic E-state index is 0.537. The number of thiophene rings is 1. The third kappa shape index (κ3) is 1.91. The molecule has 0 amide bonds. The minimum absolute atomic E-state index is 0.537. The first kappa shape index (κ1) is 11.9. The molecule has 0 spiro atoms.